The zero-order valence-electron chi connectivity index (χ0n) is 15.9. The van der Waals surface area contributed by atoms with Crippen LogP contribution >= 0.6 is 0 Å². The van der Waals surface area contributed by atoms with Crippen molar-refractivity contribution < 1.29 is 14.3 Å². The molecule has 1 N–H and O–H groups in total. The lowest BCUT2D eigenvalue weighted by Gasteiger charge is -2.15. The van der Waals surface area contributed by atoms with E-state index in [2.05, 4.69) is 10.3 Å². The van der Waals surface area contributed by atoms with Crippen molar-refractivity contribution in [3.05, 3.63) is 53.7 Å². The average molecular weight is 379 g/mol. The molecule has 2 amide bonds. The number of carbonyl (C=O) groups is 2. The highest BCUT2D eigenvalue weighted by molar-refractivity contribution is 5.96. The smallest absolute Gasteiger partial charge is 0.253 e. The monoisotopic (exact) mass is 379 g/mol. The second-order valence-electron chi connectivity index (χ2n) is 7.35. The van der Waals surface area contributed by atoms with E-state index in [-0.39, 0.29) is 17.9 Å². The Balaban J connectivity index is 1.42. The summed E-state index contributed by atoms with van der Waals surface area (Å²) < 4.78 is 5.53. The zero-order valence-corrected chi connectivity index (χ0v) is 15.9. The lowest BCUT2D eigenvalue weighted by molar-refractivity contribution is 0.0792. The summed E-state index contributed by atoms with van der Waals surface area (Å²) in [6, 6.07) is 10.9. The van der Waals surface area contributed by atoms with Crippen molar-refractivity contribution in [1.29, 1.82) is 0 Å². The molecule has 28 heavy (non-hydrogen) atoms. The molecule has 6 heteroatoms. The molecule has 0 radical (unpaired) electrons. The third-order valence-electron chi connectivity index (χ3n) is 5.36. The number of ether oxygens (including phenoxy) is 1. The van der Waals surface area contributed by atoms with Crippen LogP contribution in [0.2, 0.25) is 0 Å². The second-order valence-corrected chi connectivity index (χ2v) is 7.35. The predicted octanol–water partition coefficient (Wildman–Crippen LogP) is 2.89. The van der Waals surface area contributed by atoms with E-state index in [1.165, 1.54) is 0 Å². The lowest BCUT2D eigenvalue weighted by atomic mass is 10.1. The van der Waals surface area contributed by atoms with Crippen molar-refractivity contribution in [3.8, 4) is 11.3 Å². The minimum absolute atomic E-state index is 0.0614. The van der Waals surface area contributed by atoms with Crippen molar-refractivity contribution in [3.63, 3.8) is 0 Å². The molecule has 2 fully saturated rings. The second kappa shape index (κ2) is 8.52. The number of hydrogen-bond acceptors (Lipinski definition) is 4. The first-order valence-corrected chi connectivity index (χ1v) is 9.96. The third kappa shape index (κ3) is 4.22. The normalized spacial score (nSPS) is 19.0. The van der Waals surface area contributed by atoms with Gasteiger partial charge in [0, 0.05) is 49.1 Å². The number of likely N-dealkylation sites (tertiary alicyclic amines) is 1. The average Bonchev–Trinajstić information content (AvgIpc) is 3.46. The summed E-state index contributed by atoms with van der Waals surface area (Å²) in [7, 11) is 0. The highest BCUT2D eigenvalue weighted by Gasteiger charge is 2.20. The maximum Gasteiger partial charge on any atom is 0.253 e. The Morgan fingerprint density at radius 3 is 2.57 bits per heavy atom. The maximum absolute atomic E-state index is 12.6. The molecule has 2 saturated heterocycles. The van der Waals surface area contributed by atoms with Crippen LogP contribution in [0.25, 0.3) is 11.3 Å². The van der Waals surface area contributed by atoms with Gasteiger partial charge in [0.2, 0.25) is 0 Å². The van der Waals surface area contributed by atoms with E-state index in [9.17, 15) is 9.59 Å². The highest BCUT2D eigenvalue weighted by Crippen LogP contribution is 2.21. The quantitative estimate of drug-likeness (QED) is 0.867. The molecule has 0 spiro atoms. The highest BCUT2D eigenvalue weighted by atomic mass is 16.5. The van der Waals surface area contributed by atoms with Gasteiger partial charge in [-0.1, -0.05) is 12.1 Å². The molecule has 2 aliphatic heterocycles. The number of pyridine rings is 1. The van der Waals surface area contributed by atoms with Gasteiger partial charge in [-0.15, -0.1) is 0 Å². The van der Waals surface area contributed by atoms with Crippen LogP contribution < -0.4 is 5.32 Å². The van der Waals surface area contributed by atoms with E-state index >= 15 is 0 Å². The SMILES string of the molecule is O=C(NCC1CCCO1)c1ccc(-c2cc(C(=O)N3CCCC3)ccn2)cc1. The molecule has 0 saturated carbocycles. The molecule has 1 atom stereocenters. The molecule has 146 valence electrons. The maximum atomic E-state index is 12.6. The van der Waals surface area contributed by atoms with E-state index < -0.39 is 0 Å². The van der Waals surface area contributed by atoms with Crippen LogP contribution in [0.4, 0.5) is 0 Å². The Labute approximate surface area is 164 Å². The van der Waals surface area contributed by atoms with Gasteiger partial charge in [-0.05, 0) is 49.9 Å². The first kappa shape index (κ1) is 18.6. The summed E-state index contributed by atoms with van der Waals surface area (Å²) >= 11 is 0. The minimum Gasteiger partial charge on any atom is -0.376 e. The van der Waals surface area contributed by atoms with Gasteiger partial charge in [0.1, 0.15) is 0 Å². The summed E-state index contributed by atoms with van der Waals surface area (Å²) in [5.41, 5.74) is 2.87. The number of carbonyl (C=O) groups excluding carboxylic acids is 2. The minimum atomic E-state index is -0.104. The van der Waals surface area contributed by atoms with Crippen LogP contribution in [0, 0.1) is 0 Å². The first-order valence-electron chi connectivity index (χ1n) is 9.96. The fraction of sp³-hybridized carbons (Fsp3) is 0.409. The van der Waals surface area contributed by atoms with Gasteiger partial charge >= 0.3 is 0 Å². The Bertz CT molecular complexity index is 838. The number of nitrogens with zero attached hydrogens (tertiary/aromatic N) is 2. The van der Waals surface area contributed by atoms with E-state index in [1.54, 1.807) is 24.4 Å². The summed E-state index contributed by atoms with van der Waals surface area (Å²) in [5.74, 6) is -0.0424. The van der Waals surface area contributed by atoms with Crippen molar-refractivity contribution in [1.82, 2.24) is 15.2 Å². The standard InChI is InChI=1S/C22H25N3O3/c26-21(24-15-19-4-3-13-28-19)17-7-5-16(6-8-17)20-14-18(9-10-23-20)22(27)25-11-1-2-12-25/h5-10,14,19H,1-4,11-13,15H2,(H,24,26). The van der Waals surface area contributed by atoms with E-state index in [1.807, 2.05) is 23.1 Å². The van der Waals surface area contributed by atoms with Crippen molar-refractivity contribution in [2.75, 3.05) is 26.2 Å². The van der Waals surface area contributed by atoms with Crippen LogP contribution in [-0.2, 0) is 4.74 Å². The van der Waals surface area contributed by atoms with Gasteiger partial charge in [0.25, 0.3) is 11.8 Å². The topological polar surface area (TPSA) is 71.5 Å². The van der Waals surface area contributed by atoms with Gasteiger partial charge in [-0.3, -0.25) is 14.6 Å². The van der Waals surface area contributed by atoms with Crippen LogP contribution in [0.3, 0.4) is 0 Å². The lowest BCUT2D eigenvalue weighted by Crippen LogP contribution is -2.31. The van der Waals surface area contributed by atoms with Crippen LogP contribution in [-0.4, -0.2) is 54.0 Å². The van der Waals surface area contributed by atoms with E-state index in [4.69, 9.17) is 4.74 Å². The van der Waals surface area contributed by atoms with E-state index in [0.29, 0.717) is 17.7 Å². The molecule has 1 aromatic heterocycles. The third-order valence-corrected chi connectivity index (χ3v) is 5.36. The predicted molar refractivity (Wildman–Crippen MR) is 106 cm³/mol. The molecule has 4 rings (SSSR count). The van der Waals surface area contributed by atoms with Gasteiger partial charge < -0.3 is 15.0 Å². The largest absolute Gasteiger partial charge is 0.376 e. The molecule has 3 heterocycles. The Hall–Kier alpha value is -2.73. The number of nitrogens with one attached hydrogen (secondary N) is 1. The molecular weight excluding hydrogens is 354 g/mol. The van der Waals surface area contributed by atoms with Gasteiger partial charge in [0.05, 0.1) is 11.8 Å². The van der Waals surface area contributed by atoms with Gasteiger partial charge in [0.15, 0.2) is 0 Å². The molecule has 2 aromatic rings. The number of hydrogen-bond donors (Lipinski definition) is 1. The first-order chi connectivity index (χ1) is 13.7. The molecule has 1 unspecified atom stereocenters. The van der Waals surface area contributed by atoms with Crippen molar-refractivity contribution in [2.45, 2.75) is 31.8 Å². The van der Waals surface area contributed by atoms with Crippen LogP contribution in [0.5, 0.6) is 0 Å². The van der Waals surface area contributed by atoms with Crippen molar-refractivity contribution in [2.24, 2.45) is 0 Å². The molecule has 2 aliphatic rings. The van der Waals surface area contributed by atoms with Gasteiger partial charge in [-0.25, -0.2) is 0 Å². The zero-order chi connectivity index (χ0) is 19.3. The Morgan fingerprint density at radius 2 is 1.86 bits per heavy atom. The fourth-order valence-corrected chi connectivity index (χ4v) is 3.73. The Morgan fingerprint density at radius 1 is 1.07 bits per heavy atom. The molecule has 0 bridgehead atoms. The number of aromatic nitrogens is 1. The van der Waals surface area contributed by atoms with Crippen LogP contribution in [0.15, 0.2) is 42.6 Å². The van der Waals surface area contributed by atoms with Crippen LogP contribution in [0.1, 0.15) is 46.4 Å². The van der Waals surface area contributed by atoms with Gasteiger partial charge in [-0.2, -0.15) is 0 Å². The molecule has 0 aliphatic carbocycles. The molecular formula is C22H25N3O3. The van der Waals surface area contributed by atoms with Crippen molar-refractivity contribution >= 4 is 11.8 Å². The Kier molecular flexibility index (Phi) is 5.67. The summed E-state index contributed by atoms with van der Waals surface area (Å²) in [4.78, 5) is 31.2. The summed E-state index contributed by atoms with van der Waals surface area (Å²) in [6.07, 6.45) is 5.99. The summed E-state index contributed by atoms with van der Waals surface area (Å²) in [5, 5.41) is 2.93. The number of rotatable bonds is 5. The summed E-state index contributed by atoms with van der Waals surface area (Å²) in [6.45, 7) is 2.97. The molecule has 6 nitrogen and oxygen atoms in total. The molecule has 1 aromatic carbocycles. The number of amides is 2. The van der Waals surface area contributed by atoms with E-state index in [0.717, 1.165) is 56.6 Å². The number of benzene rings is 1. The fourth-order valence-electron chi connectivity index (χ4n) is 3.73.